The van der Waals surface area contributed by atoms with Crippen molar-refractivity contribution in [1.82, 2.24) is 0 Å². The van der Waals surface area contributed by atoms with Crippen LogP contribution in [0.5, 0.6) is 5.75 Å². The molecule has 120 valence electrons. The number of benzene rings is 1. The summed E-state index contributed by atoms with van der Waals surface area (Å²) in [6.07, 6.45) is 13.6. The minimum Gasteiger partial charge on any atom is -0.494 e. The fourth-order valence-corrected chi connectivity index (χ4v) is 3.64. The monoisotopic (exact) mass is 418 g/mol. The van der Waals surface area contributed by atoms with Crippen LogP contribution in [0.4, 0.5) is 0 Å². The third kappa shape index (κ3) is 10.4. The van der Waals surface area contributed by atoms with E-state index < -0.39 is 0 Å². The second-order valence-electron chi connectivity index (χ2n) is 5.64. The molecule has 0 saturated carbocycles. The summed E-state index contributed by atoms with van der Waals surface area (Å²) >= 11 is 6.95. The van der Waals surface area contributed by atoms with Gasteiger partial charge < -0.3 is 4.74 Å². The number of hydrogen-bond donors (Lipinski definition) is 0. The zero-order chi connectivity index (χ0) is 15.3. The maximum absolute atomic E-state index is 5.78. The lowest BCUT2D eigenvalue weighted by atomic mass is 10.1. The first-order valence-electron chi connectivity index (χ1n) is 8.31. The molecule has 21 heavy (non-hydrogen) atoms. The molecule has 3 heteroatoms. The van der Waals surface area contributed by atoms with Gasteiger partial charge in [0.15, 0.2) is 0 Å². The molecule has 0 fully saturated rings. The second kappa shape index (κ2) is 12.5. The van der Waals surface area contributed by atoms with Gasteiger partial charge in [0.2, 0.25) is 0 Å². The van der Waals surface area contributed by atoms with E-state index in [9.17, 15) is 0 Å². The molecular weight excluding hydrogens is 392 g/mol. The number of unbranched alkanes of at least 4 members (excludes halogenated alkanes) is 9. The molecule has 1 nitrogen and oxygen atoms in total. The molecule has 0 radical (unpaired) electrons. The van der Waals surface area contributed by atoms with Gasteiger partial charge in [-0.1, -0.05) is 96.6 Å². The van der Waals surface area contributed by atoms with Gasteiger partial charge in [-0.25, -0.2) is 0 Å². The van der Waals surface area contributed by atoms with E-state index in [-0.39, 0.29) is 0 Å². The normalized spacial score (nSPS) is 10.8. The Kier molecular flexibility index (Phi) is 11.3. The summed E-state index contributed by atoms with van der Waals surface area (Å²) in [4.78, 5) is 0. The van der Waals surface area contributed by atoms with Gasteiger partial charge in [-0.15, -0.1) is 0 Å². The third-order valence-corrected chi connectivity index (χ3v) is 4.52. The third-order valence-electron chi connectivity index (χ3n) is 3.60. The van der Waals surface area contributed by atoms with Crippen molar-refractivity contribution in [2.45, 2.75) is 71.1 Å². The Morgan fingerprint density at radius 1 is 0.714 bits per heavy atom. The first-order valence-corrected chi connectivity index (χ1v) is 9.90. The van der Waals surface area contributed by atoms with Crippen LogP contribution in [0.25, 0.3) is 0 Å². The van der Waals surface area contributed by atoms with E-state index in [1.165, 1.54) is 57.8 Å². The van der Waals surface area contributed by atoms with Gasteiger partial charge in [0.05, 0.1) is 6.61 Å². The van der Waals surface area contributed by atoms with Gasteiger partial charge in [-0.3, -0.25) is 0 Å². The predicted octanol–water partition coefficient (Wildman–Crippen LogP) is 7.51. The molecule has 0 atom stereocenters. The van der Waals surface area contributed by atoms with Crippen LogP contribution in [0.3, 0.4) is 0 Å². The molecule has 0 bridgehead atoms. The maximum atomic E-state index is 5.78. The molecule has 1 aromatic rings. The average Bonchev–Trinajstić information content (AvgIpc) is 2.44. The summed E-state index contributed by atoms with van der Waals surface area (Å²) in [6, 6.07) is 6.05. The van der Waals surface area contributed by atoms with Crippen molar-refractivity contribution in [3.05, 3.63) is 27.1 Å². The maximum Gasteiger partial charge on any atom is 0.121 e. The van der Waals surface area contributed by atoms with Gasteiger partial charge in [0, 0.05) is 8.95 Å². The van der Waals surface area contributed by atoms with Crippen LogP contribution in [0.2, 0.25) is 0 Å². The SMILES string of the molecule is CCCCCCCCCCCCOc1cc(Br)cc(Br)c1. The minimum absolute atomic E-state index is 0.819. The number of ether oxygens (including phenoxy) is 1. The summed E-state index contributed by atoms with van der Waals surface area (Å²) < 4.78 is 7.88. The highest BCUT2D eigenvalue weighted by Crippen LogP contribution is 2.25. The molecule has 0 unspecified atom stereocenters. The summed E-state index contributed by atoms with van der Waals surface area (Å²) in [5, 5.41) is 0. The van der Waals surface area contributed by atoms with Gasteiger partial charge in [-0.05, 0) is 24.6 Å². The van der Waals surface area contributed by atoms with Crippen molar-refractivity contribution in [2.24, 2.45) is 0 Å². The van der Waals surface area contributed by atoms with E-state index in [1.54, 1.807) is 0 Å². The van der Waals surface area contributed by atoms with E-state index in [0.29, 0.717) is 0 Å². The molecule has 0 aliphatic carbocycles. The Hall–Kier alpha value is -0.0200. The summed E-state index contributed by atoms with van der Waals surface area (Å²) in [5.41, 5.74) is 0. The van der Waals surface area contributed by atoms with Crippen LogP contribution in [0.15, 0.2) is 27.1 Å². The first kappa shape index (κ1) is 19.0. The largest absolute Gasteiger partial charge is 0.494 e. The topological polar surface area (TPSA) is 9.23 Å². The van der Waals surface area contributed by atoms with Crippen LogP contribution in [-0.2, 0) is 0 Å². The van der Waals surface area contributed by atoms with Crippen LogP contribution in [-0.4, -0.2) is 6.61 Å². The lowest BCUT2D eigenvalue weighted by Crippen LogP contribution is -1.97. The molecule has 0 aliphatic heterocycles. The van der Waals surface area contributed by atoms with E-state index in [4.69, 9.17) is 4.74 Å². The average molecular weight is 420 g/mol. The lowest BCUT2D eigenvalue weighted by Gasteiger charge is -2.07. The van der Waals surface area contributed by atoms with Gasteiger partial charge in [0.25, 0.3) is 0 Å². The number of halogens is 2. The fraction of sp³-hybridized carbons (Fsp3) is 0.667. The zero-order valence-electron chi connectivity index (χ0n) is 13.2. The molecule has 0 aliphatic rings. The van der Waals surface area contributed by atoms with Crippen molar-refractivity contribution in [2.75, 3.05) is 6.61 Å². The molecule has 0 aromatic heterocycles. The zero-order valence-corrected chi connectivity index (χ0v) is 16.3. The van der Waals surface area contributed by atoms with E-state index in [2.05, 4.69) is 38.8 Å². The van der Waals surface area contributed by atoms with Crippen LogP contribution in [0, 0.1) is 0 Å². The quantitative estimate of drug-likeness (QED) is 0.318. The predicted molar refractivity (Wildman–Crippen MR) is 99.2 cm³/mol. The fourth-order valence-electron chi connectivity index (χ4n) is 2.39. The van der Waals surface area contributed by atoms with Crippen molar-refractivity contribution < 1.29 is 4.74 Å². The Morgan fingerprint density at radius 3 is 1.71 bits per heavy atom. The Bertz CT molecular complexity index is 359. The van der Waals surface area contributed by atoms with E-state index >= 15 is 0 Å². The summed E-state index contributed by atoms with van der Waals surface area (Å²) in [7, 11) is 0. The van der Waals surface area contributed by atoms with Gasteiger partial charge in [-0.2, -0.15) is 0 Å². The number of hydrogen-bond acceptors (Lipinski definition) is 1. The van der Waals surface area contributed by atoms with Crippen LogP contribution < -0.4 is 4.74 Å². The van der Waals surface area contributed by atoms with E-state index in [1.807, 2.05) is 18.2 Å². The first-order chi connectivity index (χ1) is 10.2. The van der Waals surface area contributed by atoms with Gasteiger partial charge >= 0.3 is 0 Å². The molecule has 0 N–H and O–H groups in total. The molecule has 1 aromatic carbocycles. The van der Waals surface area contributed by atoms with Gasteiger partial charge in [0.1, 0.15) is 5.75 Å². The smallest absolute Gasteiger partial charge is 0.121 e. The molecule has 0 heterocycles. The second-order valence-corrected chi connectivity index (χ2v) is 7.47. The molecule has 1 rings (SSSR count). The van der Waals surface area contributed by atoms with Crippen LogP contribution >= 0.6 is 31.9 Å². The van der Waals surface area contributed by atoms with E-state index in [0.717, 1.165) is 27.7 Å². The summed E-state index contributed by atoms with van der Waals surface area (Å²) in [6.45, 7) is 3.09. The number of rotatable bonds is 12. The highest BCUT2D eigenvalue weighted by Gasteiger charge is 1.99. The van der Waals surface area contributed by atoms with Crippen molar-refractivity contribution in [3.8, 4) is 5.75 Å². The standard InChI is InChI=1S/C18H28Br2O/c1-2-3-4-5-6-7-8-9-10-11-12-21-18-14-16(19)13-17(20)15-18/h13-15H,2-12H2,1H3. The Labute approximate surface area is 147 Å². The Morgan fingerprint density at radius 2 is 1.19 bits per heavy atom. The van der Waals surface area contributed by atoms with Crippen molar-refractivity contribution >= 4 is 31.9 Å². The molecule has 0 amide bonds. The minimum atomic E-state index is 0.819. The van der Waals surface area contributed by atoms with Crippen molar-refractivity contribution in [3.63, 3.8) is 0 Å². The lowest BCUT2D eigenvalue weighted by molar-refractivity contribution is 0.304. The van der Waals surface area contributed by atoms with Crippen molar-refractivity contribution in [1.29, 1.82) is 0 Å². The molecule has 0 saturated heterocycles. The highest BCUT2D eigenvalue weighted by molar-refractivity contribution is 9.11. The summed E-state index contributed by atoms with van der Waals surface area (Å²) in [5.74, 6) is 0.937. The highest BCUT2D eigenvalue weighted by atomic mass is 79.9. The Balaban J connectivity index is 1.93. The molecule has 0 spiro atoms. The molecular formula is C18H28Br2O. The van der Waals surface area contributed by atoms with Crippen LogP contribution in [0.1, 0.15) is 71.1 Å².